The molecular formula is C13H19F2NO3. The van der Waals surface area contributed by atoms with Crippen LogP contribution < -0.4 is 10.1 Å². The van der Waals surface area contributed by atoms with Gasteiger partial charge in [0.2, 0.25) is 0 Å². The smallest absolute Gasteiger partial charge is 0.282 e. The van der Waals surface area contributed by atoms with E-state index in [1.807, 2.05) is 25.1 Å². The third kappa shape index (κ3) is 6.47. The van der Waals surface area contributed by atoms with Crippen LogP contribution in [0.2, 0.25) is 0 Å². The molecule has 0 amide bonds. The summed E-state index contributed by atoms with van der Waals surface area (Å²) < 4.78 is 30.7. The molecule has 1 unspecified atom stereocenters. The van der Waals surface area contributed by atoms with Gasteiger partial charge < -0.3 is 20.3 Å². The van der Waals surface area contributed by atoms with Crippen LogP contribution in [0.3, 0.4) is 0 Å². The number of halogens is 2. The van der Waals surface area contributed by atoms with Gasteiger partial charge in [0, 0.05) is 6.54 Å². The fourth-order valence-corrected chi connectivity index (χ4v) is 1.43. The van der Waals surface area contributed by atoms with Crippen molar-refractivity contribution in [1.29, 1.82) is 0 Å². The highest BCUT2D eigenvalue weighted by atomic mass is 19.3. The van der Waals surface area contributed by atoms with Gasteiger partial charge in [0.25, 0.3) is 5.92 Å². The van der Waals surface area contributed by atoms with E-state index in [2.05, 4.69) is 5.32 Å². The van der Waals surface area contributed by atoms with Crippen molar-refractivity contribution in [3.8, 4) is 5.75 Å². The van der Waals surface area contributed by atoms with Gasteiger partial charge in [-0.25, -0.2) is 8.78 Å². The Labute approximate surface area is 111 Å². The predicted molar refractivity (Wildman–Crippen MR) is 67.6 cm³/mol. The maximum Gasteiger partial charge on any atom is 0.282 e. The highest BCUT2D eigenvalue weighted by Gasteiger charge is 2.27. The van der Waals surface area contributed by atoms with Crippen LogP contribution >= 0.6 is 0 Å². The number of benzene rings is 1. The molecule has 0 saturated heterocycles. The highest BCUT2D eigenvalue weighted by molar-refractivity contribution is 5.27. The molecule has 0 radical (unpaired) electrons. The van der Waals surface area contributed by atoms with Crippen molar-refractivity contribution in [3.05, 3.63) is 29.8 Å². The van der Waals surface area contributed by atoms with E-state index in [4.69, 9.17) is 9.84 Å². The third-order valence-corrected chi connectivity index (χ3v) is 2.43. The summed E-state index contributed by atoms with van der Waals surface area (Å²) in [6, 6.07) is 7.33. The van der Waals surface area contributed by atoms with E-state index in [0.29, 0.717) is 5.75 Å². The molecule has 0 aliphatic rings. The van der Waals surface area contributed by atoms with Crippen molar-refractivity contribution in [2.24, 2.45) is 0 Å². The molecule has 1 aromatic rings. The van der Waals surface area contributed by atoms with Gasteiger partial charge in [-0.15, -0.1) is 0 Å². The molecule has 1 aromatic carbocycles. The third-order valence-electron chi connectivity index (χ3n) is 2.43. The minimum Gasteiger partial charge on any atom is -0.491 e. The van der Waals surface area contributed by atoms with Crippen LogP contribution in [0.4, 0.5) is 8.78 Å². The summed E-state index contributed by atoms with van der Waals surface area (Å²) in [5.41, 5.74) is 1.03. The van der Waals surface area contributed by atoms with E-state index >= 15 is 0 Å². The van der Waals surface area contributed by atoms with E-state index < -0.39 is 25.2 Å². The van der Waals surface area contributed by atoms with Crippen LogP contribution in [-0.2, 0) is 0 Å². The predicted octanol–water partition coefficient (Wildman–Crippen LogP) is 0.952. The number of ether oxygens (including phenoxy) is 1. The van der Waals surface area contributed by atoms with Crippen LogP contribution in [-0.4, -0.2) is 48.5 Å². The Bertz CT molecular complexity index is 388. The quantitative estimate of drug-likeness (QED) is 0.661. The van der Waals surface area contributed by atoms with Crippen LogP contribution in [0.5, 0.6) is 5.75 Å². The Kier molecular flexibility index (Phi) is 6.14. The van der Waals surface area contributed by atoms with Gasteiger partial charge in [0.1, 0.15) is 25.1 Å². The Morgan fingerprint density at radius 1 is 1.42 bits per heavy atom. The summed E-state index contributed by atoms with van der Waals surface area (Å²) in [6.07, 6.45) is -0.894. The molecule has 0 aliphatic carbocycles. The molecule has 0 aromatic heterocycles. The van der Waals surface area contributed by atoms with Gasteiger partial charge in [-0.1, -0.05) is 12.1 Å². The van der Waals surface area contributed by atoms with Crippen LogP contribution in [0, 0.1) is 6.92 Å². The topological polar surface area (TPSA) is 61.7 Å². The van der Waals surface area contributed by atoms with E-state index in [1.165, 1.54) is 0 Å². The van der Waals surface area contributed by atoms with E-state index in [-0.39, 0.29) is 13.2 Å². The van der Waals surface area contributed by atoms with Crippen molar-refractivity contribution in [1.82, 2.24) is 5.32 Å². The normalized spacial score (nSPS) is 13.3. The lowest BCUT2D eigenvalue weighted by molar-refractivity contribution is -0.0493. The van der Waals surface area contributed by atoms with Crippen molar-refractivity contribution < 1.29 is 23.7 Å². The Hall–Kier alpha value is -1.24. The number of alkyl halides is 2. The number of aryl methyl sites for hydroxylation is 1. The molecule has 1 rings (SSSR count). The molecule has 19 heavy (non-hydrogen) atoms. The zero-order valence-corrected chi connectivity index (χ0v) is 10.8. The van der Waals surface area contributed by atoms with Gasteiger partial charge in [-0.2, -0.15) is 0 Å². The maximum atomic E-state index is 12.7. The van der Waals surface area contributed by atoms with Crippen molar-refractivity contribution in [2.75, 3.05) is 26.3 Å². The lowest BCUT2D eigenvalue weighted by atomic mass is 10.2. The molecule has 0 aliphatic heterocycles. The molecule has 0 fully saturated rings. The fraction of sp³-hybridized carbons (Fsp3) is 0.538. The summed E-state index contributed by atoms with van der Waals surface area (Å²) in [5.74, 6) is -2.54. The lowest BCUT2D eigenvalue weighted by Gasteiger charge is -2.17. The first kappa shape index (κ1) is 15.8. The minimum atomic E-state index is -3.17. The fourth-order valence-electron chi connectivity index (χ4n) is 1.43. The second-order valence-electron chi connectivity index (χ2n) is 4.43. The summed E-state index contributed by atoms with van der Waals surface area (Å²) in [5, 5.41) is 20.3. The van der Waals surface area contributed by atoms with Crippen molar-refractivity contribution in [2.45, 2.75) is 19.0 Å². The number of nitrogens with one attached hydrogen (secondary N) is 1. The first-order chi connectivity index (χ1) is 8.93. The molecular weight excluding hydrogens is 256 g/mol. The molecule has 0 heterocycles. The van der Waals surface area contributed by atoms with Crippen LogP contribution in [0.25, 0.3) is 0 Å². The SMILES string of the molecule is Cc1cccc(OCC(O)CNCC(F)(F)CO)c1. The average Bonchev–Trinajstić information content (AvgIpc) is 2.36. The Morgan fingerprint density at radius 3 is 2.79 bits per heavy atom. The standard InChI is InChI=1S/C13H19F2NO3/c1-10-3-2-4-12(5-10)19-7-11(18)6-16-8-13(14,15)9-17/h2-5,11,16-18H,6-9H2,1H3. The van der Waals surface area contributed by atoms with Crippen molar-refractivity contribution >= 4 is 0 Å². The van der Waals surface area contributed by atoms with Crippen LogP contribution in [0.1, 0.15) is 5.56 Å². The highest BCUT2D eigenvalue weighted by Crippen LogP contribution is 2.12. The molecule has 108 valence electrons. The first-order valence-electron chi connectivity index (χ1n) is 6.00. The lowest BCUT2D eigenvalue weighted by Crippen LogP contribution is -2.40. The van der Waals surface area contributed by atoms with Gasteiger partial charge in [-0.3, -0.25) is 0 Å². The zero-order valence-electron chi connectivity index (χ0n) is 10.8. The number of hydrogen-bond donors (Lipinski definition) is 3. The Balaban J connectivity index is 2.23. The number of aliphatic hydroxyl groups excluding tert-OH is 2. The zero-order chi connectivity index (χ0) is 14.3. The molecule has 0 bridgehead atoms. The number of rotatable bonds is 8. The molecule has 6 heteroatoms. The first-order valence-corrected chi connectivity index (χ1v) is 6.00. The molecule has 1 atom stereocenters. The molecule has 0 spiro atoms. The Morgan fingerprint density at radius 2 is 2.16 bits per heavy atom. The largest absolute Gasteiger partial charge is 0.491 e. The summed E-state index contributed by atoms with van der Waals surface area (Å²) >= 11 is 0. The average molecular weight is 275 g/mol. The van der Waals surface area contributed by atoms with Gasteiger partial charge >= 0.3 is 0 Å². The summed E-state index contributed by atoms with van der Waals surface area (Å²) in [4.78, 5) is 0. The molecule has 3 N–H and O–H groups in total. The number of hydrogen-bond acceptors (Lipinski definition) is 4. The second kappa shape index (κ2) is 7.37. The number of aliphatic hydroxyl groups is 2. The summed E-state index contributed by atoms with van der Waals surface area (Å²) in [7, 11) is 0. The summed E-state index contributed by atoms with van der Waals surface area (Å²) in [6.45, 7) is 0.0191. The van der Waals surface area contributed by atoms with Gasteiger partial charge in [0.15, 0.2) is 0 Å². The second-order valence-corrected chi connectivity index (χ2v) is 4.43. The van der Waals surface area contributed by atoms with Gasteiger partial charge in [-0.05, 0) is 24.6 Å². The van der Waals surface area contributed by atoms with Crippen molar-refractivity contribution in [3.63, 3.8) is 0 Å². The van der Waals surface area contributed by atoms with Gasteiger partial charge in [0.05, 0.1) is 6.54 Å². The van der Waals surface area contributed by atoms with E-state index in [1.54, 1.807) is 6.07 Å². The molecule has 0 saturated carbocycles. The monoisotopic (exact) mass is 275 g/mol. The van der Waals surface area contributed by atoms with E-state index in [0.717, 1.165) is 5.56 Å². The maximum absolute atomic E-state index is 12.7. The van der Waals surface area contributed by atoms with E-state index in [9.17, 15) is 13.9 Å². The minimum absolute atomic E-state index is 0.0150. The molecule has 4 nitrogen and oxygen atoms in total. The van der Waals surface area contributed by atoms with Crippen LogP contribution in [0.15, 0.2) is 24.3 Å².